The molecule has 1 N–H and O–H groups in total. The van der Waals surface area contributed by atoms with Gasteiger partial charge < -0.3 is 15.1 Å². The van der Waals surface area contributed by atoms with Crippen molar-refractivity contribution in [1.29, 1.82) is 0 Å². The van der Waals surface area contributed by atoms with E-state index in [1.165, 1.54) is 23.2 Å². The Morgan fingerprint density at radius 2 is 1.84 bits per heavy atom. The van der Waals surface area contributed by atoms with Crippen molar-refractivity contribution in [3.8, 4) is 0 Å². The predicted molar refractivity (Wildman–Crippen MR) is 104 cm³/mol. The Morgan fingerprint density at radius 1 is 1.08 bits per heavy atom. The van der Waals surface area contributed by atoms with Crippen molar-refractivity contribution in [3.63, 3.8) is 0 Å². The lowest BCUT2D eigenvalue weighted by Crippen LogP contribution is -2.47. The molecule has 3 rings (SSSR count). The number of rotatable bonds is 6. The van der Waals surface area contributed by atoms with E-state index < -0.39 is 0 Å². The number of nitrogens with zero attached hydrogens (tertiary/aromatic N) is 5. The fourth-order valence-electron chi connectivity index (χ4n) is 3.13. The van der Waals surface area contributed by atoms with Crippen molar-refractivity contribution in [1.82, 2.24) is 15.2 Å². The van der Waals surface area contributed by atoms with Crippen molar-refractivity contribution in [2.45, 2.75) is 33.6 Å². The fourth-order valence-corrected chi connectivity index (χ4v) is 3.13. The highest BCUT2D eigenvalue weighted by Gasteiger charge is 2.21. The van der Waals surface area contributed by atoms with Crippen LogP contribution in [0.3, 0.4) is 0 Å². The summed E-state index contributed by atoms with van der Waals surface area (Å²) in [5.41, 5.74) is 4.06. The first-order valence-electron chi connectivity index (χ1n) is 9.18. The summed E-state index contributed by atoms with van der Waals surface area (Å²) >= 11 is 0. The van der Waals surface area contributed by atoms with Gasteiger partial charge >= 0.3 is 0 Å². The average molecular weight is 340 g/mol. The smallest absolute Gasteiger partial charge is 0.247 e. The molecule has 0 spiro atoms. The van der Waals surface area contributed by atoms with Crippen LogP contribution >= 0.6 is 0 Å². The first kappa shape index (κ1) is 17.5. The maximum Gasteiger partial charge on any atom is 0.247 e. The van der Waals surface area contributed by atoms with E-state index in [-0.39, 0.29) is 0 Å². The topological polar surface area (TPSA) is 57.2 Å². The number of hydrogen-bond donors (Lipinski definition) is 1. The first-order valence-corrected chi connectivity index (χ1v) is 9.18. The molecule has 0 saturated carbocycles. The summed E-state index contributed by atoms with van der Waals surface area (Å²) in [5, 5.41) is 11.7. The average Bonchev–Trinajstić information content (AvgIpc) is 2.65. The minimum atomic E-state index is 0.724. The lowest BCUT2D eigenvalue weighted by molar-refractivity contribution is 0.634. The van der Waals surface area contributed by atoms with Crippen LogP contribution in [0.25, 0.3) is 0 Å². The van der Waals surface area contributed by atoms with E-state index in [4.69, 9.17) is 0 Å². The molecule has 1 aromatic heterocycles. The van der Waals surface area contributed by atoms with E-state index in [1.807, 2.05) is 0 Å². The van der Waals surface area contributed by atoms with Gasteiger partial charge in [0.15, 0.2) is 5.82 Å². The molecule has 1 fully saturated rings. The molecule has 0 amide bonds. The number of aryl methyl sites for hydroxylation is 1. The minimum Gasteiger partial charge on any atom is -0.369 e. The van der Waals surface area contributed by atoms with Crippen LogP contribution < -0.4 is 15.1 Å². The SMILES string of the molecule is CCCCNc1cnnc(N2CCN(c3cccc(C)c3C)CC2)n1. The third-order valence-corrected chi connectivity index (χ3v) is 4.86. The zero-order valence-electron chi connectivity index (χ0n) is 15.5. The Balaban J connectivity index is 1.62. The van der Waals surface area contributed by atoms with E-state index in [2.05, 4.69) is 69.3 Å². The monoisotopic (exact) mass is 340 g/mol. The Labute approximate surface area is 150 Å². The molecule has 6 heteroatoms. The number of nitrogens with one attached hydrogen (secondary N) is 1. The highest BCUT2D eigenvalue weighted by Crippen LogP contribution is 2.24. The van der Waals surface area contributed by atoms with Crippen molar-refractivity contribution in [3.05, 3.63) is 35.5 Å². The Bertz CT molecular complexity index is 694. The number of unbranched alkanes of at least 4 members (excludes halogenated alkanes) is 1. The van der Waals surface area contributed by atoms with Crippen LogP contribution in [0.1, 0.15) is 30.9 Å². The van der Waals surface area contributed by atoms with Crippen molar-refractivity contribution in [2.75, 3.05) is 47.8 Å². The summed E-state index contributed by atoms with van der Waals surface area (Å²) in [6.07, 6.45) is 4.00. The van der Waals surface area contributed by atoms with Gasteiger partial charge in [0.25, 0.3) is 0 Å². The summed E-state index contributed by atoms with van der Waals surface area (Å²) in [6.45, 7) is 11.3. The largest absolute Gasteiger partial charge is 0.369 e. The van der Waals surface area contributed by atoms with Crippen LogP contribution in [0.4, 0.5) is 17.5 Å². The maximum absolute atomic E-state index is 4.62. The molecule has 1 aromatic carbocycles. The van der Waals surface area contributed by atoms with E-state index in [0.29, 0.717) is 0 Å². The van der Waals surface area contributed by atoms with Gasteiger partial charge in [0.1, 0.15) is 0 Å². The quantitative estimate of drug-likeness (QED) is 0.816. The fraction of sp³-hybridized carbons (Fsp3) is 0.526. The van der Waals surface area contributed by atoms with Gasteiger partial charge in [-0.1, -0.05) is 25.5 Å². The van der Waals surface area contributed by atoms with Crippen LogP contribution in [-0.4, -0.2) is 47.9 Å². The molecular formula is C19H28N6. The van der Waals surface area contributed by atoms with Crippen molar-refractivity contribution < 1.29 is 0 Å². The maximum atomic E-state index is 4.62. The number of anilines is 3. The lowest BCUT2D eigenvalue weighted by Gasteiger charge is -2.36. The number of piperazine rings is 1. The zero-order valence-corrected chi connectivity index (χ0v) is 15.5. The second-order valence-corrected chi connectivity index (χ2v) is 6.62. The second-order valence-electron chi connectivity index (χ2n) is 6.62. The number of aromatic nitrogens is 3. The number of benzene rings is 1. The molecule has 0 bridgehead atoms. The van der Waals surface area contributed by atoms with Crippen LogP contribution in [0.5, 0.6) is 0 Å². The zero-order chi connectivity index (χ0) is 17.6. The molecule has 6 nitrogen and oxygen atoms in total. The van der Waals surface area contributed by atoms with Gasteiger partial charge in [-0.25, -0.2) is 0 Å². The Morgan fingerprint density at radius 3 is 2.60 bits per heavy atom. The standard InChI is InChI=1S/C19H28N6/c1-4-5-9-20-18-14-21-23-19(22-18)25-12-10-24(11-13-25)17-8-6-7-15(2)16(17)3/h6-8,14H,4-5,9-13H2,1-3H3,(H,20,22,23). The van der Waals surface area contributed by atoms with Crippen molar-refractivity contribution >= 4 is 17.5 Å². The highest BCUT2D eigenvalue weighted by atomic mass is 15.4. The molecule has 1 saturated heterocycles. The van der Waals surface area contributed by atoms with Gasteiger partial charge in [-0.3, -0.25) is 0 Å². The van der Waals surface area contributed by atoms with Crippen LogP contribution in [-0.2, 0) is 0 Å². The molecule has 2 aromatic rings. The number of hydrogen-bond acceptors (Lipinski definition) is 6. The van der Waals surface area contributed by atoms with Crippen LogP contribution in [0.2, 0.25) is 0 Å². The molecule has 1 aliphatic rings. The van der Waals surface area contributed by atoms with E-state index in [0.717, 1.165) is 50.9 Å². The Kier molecular flexibility index (Phi) is 5.68. The molecule has 0 unspecified atom stereocenters. The van der Waals surface area contributed by atoms with Gasteiger partial charge in [0.2, 0.25) is 5.95 Å². The molecule has 0 atom stereocenters. The molecule has 2 heterocycles. The van der Waals surface area contributed by atoms with E-state index >= 15 is 0 Å². The molecule has 134 valence electrons. The van der Waals surface area contributed by atoms with Gasteiger partial charge in [-0.2, -0.15) is 10.1 Å². The van der Waals surface area contributed by atoms with Gasteiger partial charge in [0.05, 0.1) is 6.20 Å². The van der Waals surface area contributed by atoms with Crippen LogP contribution in [0.15, 0.2) is 24.4 Å². The molecule has 0 aliphatic carbocycles. The summed E-state index contributed by atoms with van der Waals surface area (Å²) in [6, 6.07) is 6.53. The van der Waals surface area contributed by atoms with E-state index in [1.54, 1.807) is 6.20 Å². The second kappa shape index (κ2) is 8.14. The molecular weight excluding hydrogens is 312 g/mol. The van der Waals surface area contributed by atoms with Gasteiger partial charge in [-0.15, -0.1) is 5.10 Å². The van der Waals surface area contributed by atoms with Crippen molar-refractivity contribution in [2.24, 2.45) is 0 Å². The molecule has 25 heavy (non-hydrogen) atoms. The molecule has 0 radical (unpaired) electrons. The highest BCUT2D eigenvalue weighted by molar-refractivity contribution is 5.57. The minimum absolute atomic E-state index is 0.724. The molecule has 1 aliphatic heterocycles. The van der Waals surface area contributed by atoms with Gasteiger partial charge in [0, 0.05) is 38.4 Å². The van der Waals surface area contributed by atoms with E-state index in [9.17, 15) is 0 Å². The first-order chi connectivity index (χ1) is 12.2. The summed E-state index contributed by atoms with van der Waals surface area (Å²) in [7, 11) is 0. The summed E-state index contributed by atoms with van der Waals surface area (Å²) in [5.74, 6) is 1.54. The third kappa shape index (κ3) is 4.18. The third-order valence-electron chi connectivity index (χ3n) is 4.86. The summed E-state index contributed by atoms with van der Waals surface area (Å²) in [4.78, 5) is 9.30. The summed E-state index contributed by atoms with van der Waals surface area (Å²) < 4.78 is 0. The Hall–Kier alpha value is -2.37. The lowest BCUT2D eigenvalue weighted by atomic mass is 10.1. The van der Waals surface area contributed by atoms with Gasteiger partial charge in [-0.05, 0) is 37.5 Å². The normalized spacial score (nSPS) is 14.7. The predicted octanol–water partition coefficient (Wildman–Crippen LogP) is 3.03. The van der Waals surface area contributed by atoms with Crippen LogP contribution in [0, 0.1) is 13.8 Å².